The van der Waals surface area contributed by atoms with Crippen molar-refractivity contribution in [3.63, 3.8) is 0 Å². The van der Waals surface area contributed by atoms with Gasteiger partial charge in [0.15, 0.2) is 0 Å². The van der Waals surface area contributed by atoms with Crippen molar-refractivity contribution < 1.29 is 8.60 Å². The molecular formula is C12H16FNOS. The monoisotopic (exact) mass is 241 g/mol. The lowest BCUT2D eigenvalue weighted by molar-refractivity contribution is 0.533. The number of hydrogen-bond acceptors (Lipinski definition) is 2. The highest BCUT2D eigenvalue weighted by molar-refractivity contribution is 7.85. The van der Waals surface area contributed by atoms with Crippen LogP contribution in [0, 0.1) is 5.82 Å². The number of halogens is 1. The first-order valence-corrected chi connectivity index (χ1v) is 6.93. The minimum Gasteiger partial charge on any atom is -0.309 e. The Kier molecular flexibility index (Phi) is 3.71. The molecule has 16 heavy (non-hydrogen) atoms. The smallest absolute Gasteiger partial charge is 0.123 e. The lowest BCUT2D eigenvalue weighted by Crippen LogP contribution is -2.30. The fourth-order valence-corrected chi connectivity index (χ4v) is 3.39. The van der Waals surface area contributed by atoms with Crippen molar-refractivity contribution >= 4 is 10.8 Å². The molecule has 1 heterocycles. The van der Waals surface area contributed by atoms with E-state index in [2.05, 4.69) is 5.32 Å². The summed E-state index contributed by atoms with van der Waals surface area (Å²) in [6.07, 6.45) is 0.939. The van der Waals surface area contributed by atoms with Crippen LogP contribution in [0.1, 0.15) is 24.9 Å². The molecule has 1 aromatic carbocycles. The molecule has 1 fully saturated rings. The Morgan fingerprint density at radius 1 is 1.38 bits per heavy atom. The molecule has 2 rings (SSSR count). The van der Waals surface area contributed by atoms with E-state index < -0.39 is 10.8 Å². The molecule has 0 saturated carbocycles. The van der Waals surface area contributed by atoms with Crippen LogP contribution < -0.4 is 5.32 Å². The summed E-state index contributed by atoms with van der Waals surface area (Å²) in [5.74, 6) is 0.525. The third-order valence-corrected chi connectivity index (χ3v) is 4.79. The molecule has 0 amide bonds. The minimum absolute atomic E-state index is 0.0731. The molecule has 0 aliphatic carbocycles. The summed E-state index contributed by atoms with van der Waals surface area (Å²) in [4.78, 5) is 0. The summed E-state index contributed by atoms with van der Waals surface area (Å²) in [5, 5.41) is 3.46. The van der Waals surface area contributed by atoms with E-state index in [0.29, 0.717) is 0 Å². The van der Waals surface area contributed by atoms with Gasteiger partial charge in [0, 0.05) is 22.6 Å². The van der Waals surface area contributed by atoms with E-state index in [1.807, 2.05) is 6.92 Å². The lowest BCUT2D eigenvalue weighted by atomic mass is 10.0. The summed E-state index contributed by atoms with van der Waals surface area (Å²) >= 11 is 0. The largest absolute Gasteiger partial charge is 0.309 e. The predicted octanol–water partition coefficient (Wildman–Crippen LogP) is 2.00. The molecule has 0 bridgehead atoms. The maximum absolute atomic E-state index is 12.8. The van der Waals surface area contributed by atoms with E-state index in [4.69, 9.17) is 0 Å². The molecule has 1 aliphatic rings. The van der Waals surface area contributed by atoms with E-state index in [1.165, 1.54) is 12.1 Å². The number of benzene rings is 1. The molecule has 3 atom stereocenters. The fraction of sp³-hybridized carbons (Fsp3) is 0.500. The normalized spacial score (nSPS) is 31.0. The molecule has 88 valence electrons. The Hall–Kier alpha value is -0.740. The zero-order valence-electron chi connectivity index (χ0n) is 9.28. The minimum atomic E-state index is -0.794. The van der Waals surface area contributed by atoms with Gasteiger partial charge in [-0.1, -0.05) is 12.1 Å². The van der Waals surface area contributed by atoms with Crippen LogP contribution in [-0.4, -0.2) is 21.8 Å². The van der Waals surface area contributed by atoms with Crippen molar-refractivity contribution in [2.24, 2.45) is 0 Å². The van der Waals surface area contributed by atoms with Crippen LogP contribution >= 0.6 is 0 Å². The Bertz CT molecular complexity index is 379. The quantitative estimate of drug-likeness (QED) is 0.814. The van der Waals surface area contributed by atoms with Crippen LogP contribution in [0.15, 0.2) is 24.3 Å². The Balaban J connectivity index is 2.23. The van der Waals surface area contributed by atoms with Crippen LogP contribution in [0.3, 0.4) is 0 Å². The van der Waals surface area contributed by atoms with Gasteiger partial charge in [-0.25, -0.2) is 4.39 Å². The molecule has 1 aromatic rings. The van der Waals surface area contributed by atoms with Crippen LogP contribution in [0.5, 0.6) is 0 Å². The molecule has 1 N–H and O–H groups in total. The zero-order valence-corrected chi connectivity index (χ0v) is 10.1. The van der Waals surface area contributed by atoms with Gasteiger partial charge in [0.25, 0.3) is 0 Å². The van der Waals surface area contributed by atoms with Gasteiger partial charge in [-0.3, -0.25) is 4.21 Å². The highest BCUT2D eigenvalue weighted by Gasteiger charge is 2.26. The van der Waals surface area contributed by atoms with Crippen molar-refractivity contribution in [2.75, 3.05) is 12.3 Å². The number of rotatable bonds is 1. The first-order chi connectivity index (χ1) is 7.68. The first kappa shape index (κ1) is 11.7. The van der Waals surface area contributed by atoms with Gasteiger partial charge in [-0.2, -0.15) is 0 Å². The highest BCUT2D eigenvalue weighted by atomic mass is 32.2. The summed E-state index contributed by atoms with van der Waals surface area (Å²) < 4.78 is 24.7. The second-order valence-electron chi connectivity index (χ2n) is 4.13. The predicted molar refractivity (Wildman–Crippen MR) is 64.2 cm³/mol. The van der Waals surface area contributed by atoms with Gasteiger partial charge < -0.3 is 5.32 Å². The van der Waals surface area contributed by atoms with E-state index in [1.54, 1.807) is 12.1 Å². The van der Waals surface area contributed by atoms with Gasteiger partial charge in [0.05, 0.1) is 5.25 Å². The van der Waals surface area contributed by atoms with Crippen molar-refractivity contribution in [1.29, 1.82) is 0 Å². The highest BCUT2D eigenvalue weighted by Crippen LogP contribution is 2.23. The van der Waals surface area contributed by atoms with Crippen molar-refractivity contribution in [3.8, 4) is 0 Å². The first-order valence-electron chi connectivity index (χ1n) is 5.54. The fourth-order valence-electron chi connectivity index (χ4n) is 2.03. The molecule has 4 heteroatoms. The standard InChI is InChI=1S/C12H16FNOS/c1-9-12(14-7-2-8-16(9)15)10-3-5-11(13)6-4-10/h3-6,9,12,14H,2,7-8H2,1H3. The molecule has 0 radical (unpaired) electrons. The molecule has 0 aromatic heterocycles. The Labute approximate surface area is 97.7 Å². The molecule has 3 unspecified atom stereocenters. The van der Waals surface area contributed by atoms with Gasteiger partial charge >= 0.3 is 0 Å². The summed E-state index contributed by atoms with van der Waals surface area (Å²) in [6, 6.07) is 6.52. The van der Waals surface area contributed by atoms with E-state index in [9.17, 15) is 8.60 Å². The molecule has 1 saturated heterocycles. The van der Waals surface area contributed by atoms with Gasteiger partial charge in [0.2, 0.25) is 0 Å². The molecular weight excluding hydrogens is 225 g/mol. The Morgan fingerprint density at radius 3 is 2.75 bits per heavy atom. The third kappa shape index (κ3) is 2.50. The average molecular weight is 241 g/mol. The Morgan fingerprint density at radius 2 is 2.06 bits per heavy atom. The van der Waals surface area contributed by atoms with Crippen LogP contribution in [0.4, 0.5) is 4.39 Å². The molecule has 0 spiro atoms. The van der Waals surface area contributed by atoms with Gasteiger partial charge in [0.1, 0.15) is 5.82 Å². The maximum atomic E-state index is 12.8. The van der Waals surface area contributed by atoms with Crippen LogP contribution in [-0.2, 0) is 10.8 Å². The average Bonchev–Trinajstić information content (AvgIpc) is 2.44. The molecule has 1 aliphatic heterocycles. The SMILES string of the molecule is CC1C(c2ccc(F)cc2)NCCCS1=O. The van der Waals surface area contributed by atoms with Gasteiger partial charge in [-0.15, -0.1) is 0 Å². The van der Waals surface area contributed by atoms with Crippen molar-refractivity contribution in [2.45, 2.75) is 24.6 Å². The van der Waals surface area contributed by atoms with E-state index in [0.717, 1.165) is 24.3 Å². The second kappa shape index (κ2) is 5.06. The lowest BCUT2D eigenvalue weighted by Gasteiger charge is -2.22. The van der Waals surface area contributed by atoms with Crippen LogP contribution in [0.2, 0.25) is 0 Å². The number of hydrogen-bond donors (Lipinski definition) is 1. The van der Waals surface area contributed by atoms with Crippen molar-refractivity contribution in [3.05, 3.63) is 35.6 Å². The number of nitrogens with one attached hydrogen (secondary N) is 1. The van der Waals surface area contributed by atoms with Crippen LogP contribution in [0.25, 0.3) is 0 Å². The second-order valence-corrected chi connectivity index (χ2v) is 6.04. The van der Waals surface area contributed by atoms with Crippen molar-refractivity contribution in [1.82, 2.24) is 5.32 Å². The summed E-state index contributed by atoms with van der Waals surface area (Å²) in [7, 11) is -0.794. The topological polar surface area (TPSA) is 29.1 Å². The van der Waals surface area contributed by atoms with E-state index >= 15 is 0 Å². The van der Waals surface area contributed by atoms with E-state index in [-0.39, 0.29) is 17.1 Å². The maximum Gasteiger partial charge on any atom is 0.123 e. The third-order valence-electron chi connectivity index (χ3n) is 3.00. The summed E-state index contributed by atoms with van der Waals surface area (Å²) in [5.41, 5.74) is 1.02. The molecule has 2 nitrogen and oxygen atoms in total. The zero-order chi connectivity index (χ0) is 11.5. The van der Waals surface area contributed by atoms with Gasteiger partial charge in [-0.05, 0) is 37.6 Å². The summed E-state index contributed by atoms with van der Waals surface area (Å²) in [6.45, 7) is 2.86.